The van der Waals surface area contributed by atoms with Crippen LogP contribution in [0.3, 0.4) is 0 Å². The molecule has 0 bridgehead atoms. The lowest BCUT2D eigenvalue weighted by Crippen LogP contribution is -1.92. The topological polar surface area (TPSA) is 68.9 Å². The van der Waals surface area contributed by atoms with Crippen LogP contribution in [0.1, 0.15) is 5.76 Å². The molecule has 14 heavy (non-hydrogen) atoms. The molecule has 0 fully saturated rings. The molecule has 2 heterocycles. The Balaban J connectivity index is 2.18. The van der Waals surface area contributed by atoms with Crippen molar-refractivity contribution in [2.45, 2.75) is 6.92 Å². The van der Waals surface area contributed by atoms with Gasteiger partial charge in [0.2, 0.25) is 0 Å². The lowest BCUT2D eigenvalue weighted by Gasteiger charge is -1.96. The number of hydrogen-bond acceptors (Lipinski definition) is 4. The van der Waals surface area contributed by atoms with Crippen molar-refractivity contribution >= 4 is 16.2 Å². The number of ether oxygens (including phenoxy) is 1. The Bertz CT molecular complexity index is 509. The first kappa shape index (κ1) is 9.01. The van der Waals surface area contributed by atoms with E-state index in [4.69, 9.17) is 9.15 Å². The summed E-state index contributed by atoms with van der Waals surface area (Å²) < 4.78 is 35.1. The normalized spacial score (nSPS) is 18.2. The summed E-state index contributed by atoms with van der Waals surface area (Å²) in [6, 6.07) is 3.32. The molecule has 0 N–H and O–H groups in total. The SMILES string of the molecule is Cc1ccc(OC2=CS(=O)(=O)N=C2)o1. The van der Waals surface area contributed by atoms with Crippen LogP contribution in [0.2, 0.25) is 0 Å². The molecule has 0 spiro atoms. The Morgan fingerprint density at radius 2 is 2.21 bits per heavy atom. The standard InChI is InChI=1S/C8H7NO4S/c1-6-2-3-8(12-6)13-7-4-9-14(10,11)5-7/h2-5H,1H3. The lowest BCUT2D eigenvalue weighted by molar-refractivity contribution is 0.325. The summed E-state index contributed by atoms with van der Waals surface area (Å²) in [4.78, 5) is 0. The van der Waals surface area contributed by atoms with Gasteiger partial charge in [-0.15, -0.1) is 0 Å². The fraction of sp³-hybridized carbons (Fsp3) is 0.125. The van der Waals surface area contributed by atoms with E-state index < -0.39 is 10.0 Å². The molecule has 2 rings (SSSR count). The molecule has 0 aromatic carbocycles. The molecular formula is C8H7NO4S. The number of allylic oxidation sites excluding steroid dienone is 1. The summed E-state index contributed by atoms with van der Waals surface area (Å²) in [5.74, 6) is 1.09. The van der Waals surface area contributed by atoms with E-state index in [-0.39, 0.29) is 11.7 Å². The fourth-order valence-corrected chi connectivity index (χ4v) is 1.68. The molecule has 0 saturated carbocycles. The molecule has 0 radical (unpaired) electrons. The molecule has 5 nitrogen and oxygen atoms in total. The third-order valence-electron chi connectivity index (χ3n) is 1.53. The molecule has 0 unspecified atom stereocenters. The van der Waals surface area contributed by atoms with Crippen LogP contribution in [-0.4, -0.2) is 14.6 Å². The quantitative estimate of drug-likeness (QED) is 0.740. The highest BCUT2D eigenvalue weighted by atomic mass is 32.2. The van der Waals surface area contributed by atoms with E-state index in [1.165, 1.54) is 0 Å². The van der Waals surface area contributed by atoms with Gasteiger partial charge in [-0.2, -0.15) is 12.8 Å². The summed E-state index contributed by atoms with van der Waals surface area (Å²) in [6.07, 6.45) is 1.13. The van der Waals surface area contributed by atoms with Gasteiger partial charge >= 0.3 is 0 Å². The Kier molecular flexibility index (Phi) is 1.92. The zero-order chi connectivity index (χ0) is 10.2. The smallest absolute Gasteiger partial charge is 0.290 e. The molecule has 0 atom stereocenters. The molecule has 0 aliphatic carbocycles. The zero-order valence-corrected chi connectivity index (χ0v) is 8.11. The number of sulfonamides is 1. The monoisotopic (exact) mass is 213 g/mol. The zero-order valence-electron chi connectivity index (χ0n) is 7.30. The van der Waals surface area contributed by atoms with Gasteiger partial charge in [-0.05, 0) is 13.0 Å². The van der Waals surface area contributed by atoms with Crippen LogP contribution in [-0.2, 0) is 10.0 Å². The molecule has 1 aromatic heterocycles. The van der Waals surface area contributed by atoms with E-state index in [2.05, 4.69) is 4.40 Å². The van der Waals surface area contributed by atoms with Crippen LogP contribution >= 0.6 is 0 Å². The minimum absolute atomic E-state index is 0.152. The molecule has 0 amide bonds. The minimum Gasteiger partial charge on any atom is -0.431 e. The first-order valence-electron chi connectivity index (χ1n) is 3.81. The lowest BCUT2D eigenvalue weighted by atomic mass is 10.5. The molecular weight excluding hydrogens is 206 g/mol. The summed E-state index contributed by atoms with van der Waals surface area (Å²) in [5.41, 5.74) is 0. The maximum Gasteiger partial charge on any atom is 0.290 e. The Morgan fingerprint density at radius 3 is 2.71 bits per heavy atom. The second-order valence-electron chi connectivity index (χ2n) is 2.74. The van der Waals surface area contributed by atoms with Crippen molar-refractivity contribution < 1.29 is 17.6 Å². The average Bonchev–Trinajstić information content (AvgIpc) is 2.59. The van der Waals surface area contributed by atoms with Gasteiger partial charge in [0.25, 0.3) is 16.0 Å². The third kappa shape index (κ3) is 1.85. The Labute approximate surface area is 80.8 Å². The third-order valence-corrected chi connectivity index (χ3v) is 2.46. The number of aryl methyl sites for hydroxylation is 1. The highest BCUT2D eigenvalue weighted by Gasteiger charge is 2.15. The van der Waals surface area contributed by atoms with Crippen molar-refractivity contribution in [1.82, 2.24) is 0 Å². The van der Waals surface area contributed by atoms with Gasteiger partial charge < -0.3 is 9.15 Å². The minimum atomic E-state index is -3.47. The van der Waals surface area contributed by atoms with Crippen LogP contribution in [0.5, 0.6) is 5.95 Å². The van der Waals surface area contributed by atoms with Gasteiger partial charge in [-0.25, -0.2) is 0 Å². The Hall–Kier alpha value is -1.56. The predicted octanol–water partition coefficient (Wildman–Crippen LogP) is 1.22. The largest absolute Gasteiger partial charge is 0.431 e. The van der Waals surface area contributed by atoms with Gasteiger partial charge in [0, 0.05) is 6.07 Å². The maximum absolute atomic E-state index is 10.9. The van der Waals surface area contributed by atoms with Crippen LogP contribution in [0.4, 0.5) is 0 Å². The van der Waals surface area contributed by atoms with Gasteiger partial charge in [0.05, 0.1) is 11.6 Å². The molecule has 6 heteroatoms. The van der Waals surface area contributed by atoms with E-state index >= 15 is 0 Å². The van der Waals surface area contributed by atoms with Gasteiger partial charge in [0.1, 0.15) is 5.76 Å². The van der Waals surface area contributed by atoms with E-state index in [1.807, 2.05) is 0 Å². The molecule has 1 aromatic rings. The molecule has 74 valence electrons. The molecule has 0 saturated heterocycles. The van der Waals surface area contributed by atoms with Gasteiger partial charge in [0.15, 0.2) is 5.76 Å². The van der Waals surface area contributed by atoms with Crippen LogP contribution in [0.25, 0.3) is 0 Å². The number of hydrogen-bond donors (Lipinski definition) is 0. The number of rotatable bonds is 2. The summed E-state index contributed by atoms with van der Waals surface area (Å²) in [7, 11) is -3.47. The van der Waals surface area contributed by atoms with Crippen LogP contribution in [0.15, 0.2) is 32.1 Å². The maximum atomic E-state index is 10.9. The highest BCUT2D eigenvalue weighted by Crippen LogP contribution is 2.19. The van der Waals surface area contributed by atoms with Crippen molar-refractivity contribution in [3.8, 4) is 5.95 Å². The fourth-order valence-electron chi connectivity index (χ4n) is 0.967. The van der Waals surface area contributed by atoms with Crippen molar-refractivity contribution in [3.63, 3.8) is 0 Å². The second-order valence-corrected chi connectivity index (χ2v) is 4.21. The van der Waals surface area contributed by atoms with E-state index in [0.29, 0.717) is 5.76 Å². The summed E-state index contributed by atoms with van der Waals surface area (Å²) >= 11 is 0. The predicted molar refractivity (Wildman–Crippen MR) is 49.6 cm³/mol. The van der Waals surface area contributed by atoms with Crippen molar-refractivity contribution in [2.24, 2.45) is 4.40 Å². The van der Waals surface area contributed by atoms with Gasteiger partial charge in [-0.3, -0.25) is 0 Å². The Morgan fingerprint density at radius 1 is 1.43 bits per heavy atom. The summed E-state index contributed by atoms with van der Waals surface area (Å²) in [5, 5.41) is 0.935. The van der Waals surface area contributed by atoms with Crippen molar-refractivity contribution in [3.05, 3.63) is 29.1 Å². The highest BCUT2D eigenvalue weighted by molar-refractivity contribution is 7.93. The van der Waals surface area contributed by atoms with Gasteiger partial charge in [-0.1, -0.05) is 0 Å². The van der Waals surface area contributed by atoms with E-state index in [9.17, 15) is 8.42 Å². The van der Waals surface area contributed by atoms with E-state index in [0.717, 1.165) is 11.6 Å². The average molecular weight is 213 g/mol. The molecule has 1 aliphatic heterocycles. The van der Waals surface area contributed by atoms with Crippen LogP contribution in [0, 0.1) is 6.92 Å². The first-order valence-corrected chi connectivity index (χ1v) is 5.32. The van der Waals surface area contributed by atoms with Crippen molar-refractivity contribution in [2.75, 3.05) is 0 Å². The van der Waals surface area contributed by atoms with Crippen molar-refractivity contribution in [1.29, 1.82) is 0 Å². The number of nitrogens with zero attached hydrogens (tertiary/aromatic N) is 1. The number of furan rings is 1. The summed E-state index contributed by atoms with van der Waals surface area (Å²) in [6.45, 7) is 1.76. The molecule has 1 aliphatic rings. The first-order chi connectivity index (χ1) is 6.55. The van der Waals surface area contributed by atoms with E-state index in [1.54, 1.807) is 19.1 Å². The second kappa shape index (κ2) is 2.98. The van der Waals surface area contributed by atoms with Crippen LogP contribution < -0.4 is 4.74 Å².